The van der Waals surface area contributed by atoms with Gasteiger partial charge in [-0.3, -0.25) is 9.59 Å². The van der Waals surface area contributed by atoms with Gasteiger partial charge in [0, 0.05) is 25.1 Å². The average Bonchev–Trinajstić information content (AvgIpc) is 2.56. The minimum absolute atomic E-state index is 0.0523. The molecule has 3 N–H and O–H groups in total. The van der Waals surface area contributed by atoms with Crippen LogP contribution < -0.4 is 11.1 Å². The molecule has 0 heterocycles. The maximum Gasteiger partial charge on any atom is 0.305 e. The van der Waals surface area contributed by atoms with Crippen LogP contribution in [-0.2, 0) is 14.3 Å². The van der Waals surface area contributed by atoms with Crippen molar-refractivity contribution in [1.29, 1.82) is 0 Å². The number of carbonyl (C=O) groups excluding carboxylic acids is 2. The zero-order valence-corrected chi connectivity index (χ0v) is 13.7. The van der Waals surface area contributed by atoms with Gasteiger partial charge < -0.3 is 15.8 Å². The Morgan fingerprint density at radius 3 is 2.39 bits per heavy atom. The standard InChI is InChI=1S/C18H26N2O3/c1-23-18(22)12-13-2-4-14(5-3-13)15-6-8-16(9-7-15)20-17(21)10-11-19/h6-9,13-14H,2-5,10-12,19H2,1H3,(H,20,21). The maximum atomic E-state index is 11.5. The number of carbonyl (C=O) groups is 2. The van der Waals surface area contributed by atoms with Crippen LogP contribution in [0.3, 0.4) is 0 Å². The van der Waals surface area contributed by atoms with Gasteiger partial charge in [-0.1, -0.05) is 12.1 Å². The predicted octanol–water partition coefficient (Wildman–Crippen LogP) is 2.81. The molecule has 0 radical (unpaired) electrons. The predicted molar refractivity (Wildman–Crippen MR) is 90.1 cm³/mol. The second kappa shape index (κ2) is 8.67. The fourth-order valence-electron chi connectivity index (χ4n) is 3.21. The van der Waals surface area contributed by atoms with Gasteiger partial charge in [0.05, 0.1) is 7.11 Å². The second-order valence-corrected chi connectivity index (χ2v) is 6.21. The normalized spacial score (nSPS) is 20.8. The summed E-state index contributed by atoms with van der Waals surface area (Å²) in [7, 11) is 1.45. The van der Waals surface area contributed by atoms with E-state index in [2.05, 4.69) is 17.4 Å². The Bertz CT molecular complexity index is 520. The molecular formula is C18H26N2O3. The molecule has 2 rings (SSSR count). The summed E-state index contributed by atoms with van der Waals surface area (Å²) in [5.74, 6) is 0.834. The van der Waals surface area contributed by atoms with E-state index in [0.29, 0.717) is 31.2 Å². The van der Waals surface area contributed by atoms with Crippen molar-refractivity contribution in [3.8, 4) is 0 Å². The molecule has 0 aromatic heterocycles. The Morgan fingerprint density at radius 2 is 1.83 bits per heavy atom. The van der Waals surface area contributed by atoms with Crippen LogP contribution in [0.15, 0.2) is 24.3 Å². The summed E-state index contributed by atoms with van der Waals surface area (Å²) in [6, 6.07) is 8.07. The first-order chi connectivity index (χ1) is 11.1. The Hall–Kier alpha value is -1.88. The van der Waals surface area contributed by atoms with E-state index in [-0.39, 0.29) is 11.9 Å². The van der Waals surface area contributed by atoms with Gasteiger partial charge in [-0.2, -0.15) is 0 Å². The molecule has 0 bridgehead atoms. The smallest absolute Gasteiger partial charge is 0.305 e. The highest BCUT2D eigenvalue weighted by Crippen LogP contribution is 2.37. The van der Waals surface area contributed by atoms with Crippen molar-refractivity contribution in [3.05, 3.63) is 29.8 Å². The van der Waals surface area contributed by atoms with Crippen LogP contribution >= 0.6 is 0 Å². The number of hydrogen-bond acceptors (Lipinski definition) is 4. The van der Waals surface area contributed by atoms with E-state index < -0.39 is 0 Å². The molecule has 1 aliphatic carbocycles. The number of amides is 1. The van der Waals surface area contributed by atoms with Gasteiger partial charge in [0.1, 0.15) is 0 Å². The molecule has 1 aliphatic rings. The van der Waals surface area contributed by atoms with Gasteiger partial charge >= 0.3 is 5.97 Å². The van der Waals surface area contributed by atoms with E-state index in [4.69, 9.17) is 10.5 Å². The zero-order chi connectivity index (χ0) is 16.7. The summed E-state index contributed by atoms with van der Waals surface area (Å²) in [6.45, 7) is 0.360. The largest absolute Gasteiger partial charge is 0.469 e. The van der Waals surface area contributed by atoms with E-state index >= 15 is 0 Å². The molecule has 1 saturated carbocycles. The summed E-state index contributed by atoms with van der Waals surface area (Å²) in [5, 5.41) is 2.84. The van der Waals surface area contributed by atoms with Crippen molar-refractivity contribution >= 4 is 17.6 Å². The van der Waals surface area contributed by atoms with Gasteiger partial charge in [0.25, 0.3) is 0 Å². The quantitative estimate of drug-likeness (QED) is 0.790. The number of benzene rings is 1. The first kappa shape index (κ1) is 17.5. The number of esters is 1. The molecular weight excluding hydrogens is 292 g/mol. The van der Waals surface area contributed by atoms with E-state index in [1.807, 2.05) is 12.1 Å². The van der Waals surface area contributed by atoms with Gasteiger partial charge in [-0.25, -0.2) is 0 Å². The highest BCUT2D eigenvalue weighted by atomic mass is 16.5. The minimum Gasteiger partial charge on any atom is -0.469 e. The number of methoxy groups -OCH3 is 1. The molecule has 5 nitrogen and oxygen atoms in total. The molecule has 23 heavy (non-hydrogen) atoms. The van der Waals surface area contributed by atoms with Crippen LogP contribution in [0.2, 0.25) is 0 Å². The topological polar surface area (TPSA) is 81.4 Å². The number of ether oxygens (including phenoxy) is 1. The minimum atomic E-state index is -0.106. The lowest BCUT2D eigenvalue weighted by Gasteiger charge is -2.28. The van der Waals surface area contributed by atoms with Crippen LogP contribution in [0.25, 0.3) is 0 Å². The molecule has 0 aliphatic heterocycles. The van der Waals surface area contributed by atoms with Crippen molar-refractivity contribution in [2.24, 2.45) is 11.7 Å². The summed E-state index contributed by atoms with van der Waals surface area (Å²) in [5.41, 5.74) is 7.48. The summed E-state index contributed by atoms with van der Waals surface area (Å²) in [4.78, 5) is 22.9. The molecule has 1 amide bonds. The highest BCUT2D eigenvalue weighted by molar-refractivity contribution is 5.90. The first-order valence-corrected chi connectivity index (χ1v) is 8.29. The van der Waals surface area contributed by atoms with Crippen molar-refractivity contribution < 1.29 is 14.3 Å². The van der Waals surface area contributed by atoms with Crippen LogP contribution in [0.4, 0.5) is 5.69 Å². The molecule has 0 spiro atoms. The van der Waals surface area contributed by atoms with Crippen molar-refractivity contribution in [3.63, 3.8) is 0 Å². The van der Waals surface area contributed by atoms with Gasteiger partial charge in [0.2, 0.25) is 5.91 Å². The lowest BCUT2D eigenvalue weighted by molar-refractivity contribution is -0.142. The third-order valence-corrected chi connectivity index (χ3v) is 4.57. The molecule has 1 aromatic carbocycles. The monoisotopic (exact) mass is 318 g/mol. The Balaban J connectivity index is 1.84. The van der Waals surface area contributed by atoms with Crippen molar-refractivity contribution in [2.75, 3.05) is 19.0 Å². The van der Waals surface area contributed by atoms with E-state index in [9.17, 15) is 9.59 Å². The summed E-state index contributed by atoms with van der Waals surface area (Å²) < 4.78 is 4.75. The number of anilines is 1. The SMILES string of the molecule is COC(=O)CC1CCC(c2ccc(NC(=O)CCN)cc2)CC1. The Kier molecular flexibility index (Phi) is 6.59. The number of hydrogen-bond donors (Lipinski definition) is 2. The fraction of sp³-hybridized carbons (Fsp3) is 0.556. The number of nitrogens with one attached hydrogen (secondary N) is 1. The zero-order valence-electron chi connectivity index (χ0n) is 13.7. The van der Waals surface area contributed by atoms with Gasteiger partial charge in [-0.15, -0.1) is 0 Å². The first-order valence-electron chi connectivity index (χ1n) is 8.29. The molecule has 0 unspecified atom stereocenters. The number of nitrogens with two attached hydrogens (primary N) is 1. The van der Waals surface area contributed by atoms with Crippen LogP contribution in [0.5, 0.6) is 0 Å². The fourth-order valence-corrected chi connectivity index (χ4v) is 3.21. The second-order valence-electron chi connectivity index (χ2n) is 6.21. The average molecular weight is 318 g/mol. The maximum absolute atomic E-state index is 11.5. The molecule has 126 valence electrons. The molecule has 1 aromatic rings. The summed E-state index contributed by atoms with van der Waals surface area (Å²) >= 11 is 0. The highest BCUT2D eigenvalue weighted by Gasteiger charge is 2.24. The third-order valence-electron chi connectivity index (χ3n) is 4.57. The Morgan fingerprint density at radius 1 is 1.17 bits per heavy atom. The molecule has 0 atom stereocenters. The van der Waals surface area contributed by atoms with Gasteiger partial charge in [-0.05, 0) is 55.2 Å². The summed E-state index contributed by atoms with van der Waals surface area (Å²) in [6.07, 6.45) is 5.20. The Labute approximate surface area is 137 Å². The lowest BCUT2D eigenvalue weighted by Crippen LogP contribution is -2.17. The van der Waals surface area contributed by atoms with Crippen molar-refractivity contribution in [2.45, 2.75) is 44.4 Å². The molecule has 0 saturated heterocycles. The molecule has 5 heteroatoms. The third kappa shape index (κ3) is 5.36. The van der Waals surface area contributed by atoms with Crippen LogP contribution in [-0.4, -0.2) is 25.5 Å². The number of rotatable bonds is 6. The van der Waals surface area contributed by atoms with E-state index in [1.165, 1.54) is 12.7 Å². The van der Waals surface area contributed by atoms with E-state index in [1.54, 1.807) is 0 Å². The van der Waals surface area contributed by atoms with Crippen LogP contribution in [0, 0.1) is 5.92 Å². The lowest BCUT2D eigenvalue weighted by atomic mass is 9.77. The van der Waals surface area contributed by atoms with E-state index in [0.717, 1.165) is 31.4 Å². The molecule has 1 fully saturated rings. The van der Waals surface area contributed by atoms with Crippen molar-refractivity contribution in [1.82, 2.24) is 0 Å². The van der Waals surface area contributed by atoms with Crippen LogP contribution in [0.1, 0.15) is 50.0 Å². The van der Waals surface area contributed by atoms with Gasteiger partial charge in [0.15, 0.2) is 0 Å².